The van der Waals surface area contributed by atoms with Crippen molar-refractivity contribution in [1.29, 1.82) is 0 Å². The topological polar surface area (TPSA) is 74.6 Å². The number of rotatable bonds is 3. The molecule has 96 valence electrons. The lowest BCUT2D eigenvalue weighted by Gasteiger charge is -1.86. The molecule has 2 N–H and O–H groups in total. The minimum atomic E-state index is -3.67. The first kappa shape index (κ1) is 20.3. The van der Waals surface area contributed by atoms with E-state index in [9.17, 15) is 8.42 Å². The van der Waals surface area contributed by atoms with Crippen molar-refractivity contribution in [3.8, 4) is 0 Å². The molecule has 0 spiro atoms. The maximum Gasteiger partial charge on any atom is 0.261 e. The van der Waals surface area contributed by atoms with E-state index in [1.165, 1.54) is 25.7 Å². The van der Waals surface area contributed by atoms with Crippen LogP contribution in [0.1, 0.15) is 53.4 Å². The van der Waals surface area contributed by atoms with Crippen molar-refractivity contribution in [1.82, 2.24) is 0 Å². The van der Waals surface area contributed by atoms with Crippen molar-refractivity contribution in [3.63, 3.8) is 0 Å². The van der Waals surface area contributed by atoms with Gasteiger partial charge in [0.05, 0.1) is 6.26 Å². The van der Waals surface area contributed by atoms with Crippen molar-refractivity contribution >= 4 is 10.1 Å². The minimum absolute atomic E-state index is 0.167. The van der Waals surface area contributed by atoms with Gasteiger partial charge in [-0.3, -0.25) is 4.55 Å². The second kappa shape index (κ2) is 13.9. The first-order valence-electron chi connectivity index (χ1n) is 5.25. The van der Waals surface area contributed by atoms with E-state index in [4.69, 9.17) is 9.66 Å². The van der Waals surface area contributed by atoms with Gasteiger partial charge in [0, 0.05) is 6.10 Å². The summed E-state index contributed by atoms with van der Waals surface area (Å²) in [4.78, 5) is 0. The first-order valence-corrected chi connectivity index (χ1v) is 7.10. The standard InChI is InChI=1S/C6H14.C3H8O.CH4O3S/c1-3-5-6-4-2;1-3(2)4;1-5(2,3)4/h3-6H2,1-2H3;3-4H,1-2H3;1H3,(H,2,3,4). The van der Waals surface area contributed by atoms with Gasteiger partial charge in [-0.1, -0.05) is 39.5 Å². The average molecular weight is 242 g/mol. The van der Waals surface area contributed by atoms with Gasteiger partial charge >= 0.3 is 0 Å². The van der Waals surface area contributed by atoms with E-state index < -0.39 is 10.1 Å². The SMILES string of the molecule is CC(C)O.CCCCCC.CS(=O)(=O)O. The second-order valence-corrected chi connectivity index (χ2v) is 5.00. The van der Waals surface area contributed by atoms with Gasteiger partial charge in [-0.05, 0) is 13.8 Å². The van der Waals surface area contributed by atoms with Crippen molar-refractivity contribution in [3.05, 3.63) is 0 Å². The molecule has 0 bridgehead atoms. The van der Waals surface area contributed by atoms with Crippen LogP contribution in [0.4, 0.5) is 0 Å². The van der Waals surface area contributed by atoms with Crippen molar-refractivity contribution in [2.75, 3.05) is 6.26 Å². The van der Waals surface area contributed by atoms with Crippen LogP contribution in [0.15, 0.2) is 0 Å². The van der Waals surface area contributed by atoms with Gasteiger partial charge in [-0.25, -0.2) is 0 Å². The van der Waals surface area contributed by atoms with Crippen LogP contribution >= 0.6 is 0 Å². The molecule has 0 radical (unpaired) electrons. The summed E-state index contributed by atoms with van der Waals surface area (Å²) in [7, 11) is -3.67. The molecule has 0 aromatic rings. The van der Waals surface area contributed by atoms with E-state index in [-0.39, 0.29) is 6.10 Å². The van der Waals surface area contributed by atoms with Crippen LogP contribution in [0, 0.1) is 0 Å². The summed E-state index contributed by atoms with van der Waals surface area (Å²) >= 11 is 0. The quantitative estimate of drug-likeness (QED) is 0.589. The minimum Gasteiger partial charge on any atom is -0.394 e. The lowest BCUT2D eigenvalue weighted by molar-refractivity contribution is 0.216. The molecule has 0 amide bonds. The molecular formula is C10H26O4S. The Morgan fingerprint density at radius 2 is 1.20 bits per heavy atom. The average Bonchev–Trinajstić information content (AvgIpc) is 1.96. The third-order valence-electron chi connectivity index (χ3n) is 0.957. The third-order valence-corrected chi connectivity index (χ3v) is 0.957. The van der Waals surface area contributed by atoms with E-state index in [0.29, 0.717) is 6.26 Å². The molecule has 0 aliphatic rings. The van der Waals surface area contributed by atoms with Crippen LogP contribution in [0.25, 0.3) is 0 Å². The Labute approximate surface area is 94.5 Å². The molecule has 0 rings (SSSR count). The lowest BCUT2D eigenvalue weighted by atomic mass is 10.2. The molecule has 0 atom stereocenters. The van der Waals surface area contributed by atoms with Crippen LogP contribution < -0.4 is 0 Å². The van der Waals surface area contributed by atoms with E-state index in [1.54, 1.807) is 13.8 Å². The number of hydrogen-bond acceptors (Lipinski definition) is 3. The highest BCUT2D eigenvalue weighted by Gasteiger charge is 1.81. The highest BCUT2D eigenvalue weighted by molar-refractivity contribution is 7.85. The van der Waals surface area contributed by atoms with Gasteiger partial charge in [0.25, 0.3) is 10.1 Å². The fraction of sp³-hybridized carbons (Fsp3) is 1.00. The molecule has 0 fully saturated rings. The maximum absolute atomic E-state index is 9.19. The fourth-order valence-corrected chi connectivity index (χ4v) is 0.500. The normalized spacial score (nSPS) is 9.87. The number of unbranched alkanes of at least 4 members (excludes halogenated alkanes) is 3. The van der Waals surface area contributed by atoms with Crippen LogP contribution in [0.3, 0.4) is 0 Å². The molecule has 0 aromatic heterocycles. The van der Waals surface area contributed by atoms with E-state index in [2.05, 4.69) is 13.8 Å². The summed E-state index contributed by atoms with van der Waals surface area (Å²) < 4.78 is 25.9. The first-order chi connectivity index (χ1) is 6.65. The fourth-order valence-electron chi connectivity index (χ4n) is 0.500. The molecule has 0 aromatic carbocycles. The smallest absolute Gasteiger partial charge is 0.261 e. The molecule has 5 heteroatoms. The Bertz CT molecular complexity index is 171. The Morgan fingerprint density at radius 1 is 1.07 bits per heavy atom. The molecule has 4 nitrogen and oxygen atoms in total. The van der Waals surface area contributed by atoms with E-state index in [1.807, 2.05) is 0 Å². The summed E-state index contributed by atoms with van der Waals surface area (Å²) in [5.74, 6) is 0. The molecule has 15 heavy (non-hydrogen) atoms. The molecule has 0 aliphatic carbocycles. The summed E-state index contributed by atoms with van der Waals surface area (Å²) in [6, 6.07) is 0. The van der Waals surface area contributed by atoms with Gasteiger partial charge in [-0.15, -0.1) is 0 Å². The third kappa shape index (κ3) is 237. The van der Waals surface area contributed by atoms with Crippen LogP contribution in [0.2, 0.25) is 0 Å². The van der Waals surface area contributed by atoms with Crippen molar-refractivity contribution in [2.24, 2.45) is 0 Å². The van der Waals surface area contributed by atoms with Crippen molar-refractivity contribution in [2.45, 2.75) is 59.5 Å². The zero-order valence-electron chi connectivity index (χ0n) is 10.5. The summed E-state index contributed by atoms with van der Waals surface area (Å²) in [6.07, 6.45) is 6.08. The number of aliphatic hydroxyl groups is 1. The zero-order valence-corrected chi connectivity index (χ0v) is 11.3. The molecule has 0 aliphatic heterocycles. The van der Waals surface area contributed by atoms with Crippen molar-refractivity contribution < 1.29 is 18.1 Å². The Hall–Kier alpha value is -0.130. The predicted molar refractivity (Wildman–Crippen MR) is 64.6 cm³/mol. The molecule has 0 heterocycles. The van der Waals surface area contributed by atoms with Crippen LogP contribution in [-0.2, 0) is 10.1 Å². The van der Waals surface area contributed by atoms with Gasteiger partial charge in [0.2, 0.25) is 0 Å². The Kier molecular flexibility index (Phi) is 18.8. The summed E-state index contributed by atoms with van der Waals surface area (Å²) in [5, 5.41) is 8.06. The summed E-state index contributed by atoms with van der Waals surface area (Å²) in [6.45, 7) is 7.91. The van der Waals surface area contributed by atoms with Crippen LogP contribution in [-0.4, -0.2) is 30.4 Å². The number of aliphatic hydroxyl groups excluding tert-OH is 1. The predicted octanol–water partition coefficient (Wildman–Crippen LogP) is 2.48. The van der Waals surface area contributed by atoms with Crippen LogP contribution in [0.5, 0.6) is 0 Å². The lowest BCUT2D eigenvalue weighted by Crippen LogP contribution is -1.88. The molecular weight excluding hydrogens is 216 g/mol. The summed E-state index contributed by atoms with van der Waals surface area (Å²) in [5.41, 5.74) is 0. The second-order valence-electron chi connectivity index (χ2n) is 3.53. The number of hydrogen-bond donors (Lipinski definition) is 2. The highest BCUT2D eigenvalue weighted by Crippen LogP contribution is 1.95. The highest BCUT2D eigenvalue weighted by atomic mass is 32.2. The molecule has 0 saturated heterocycles. The molecule has 0 unspecified atom stereocenters. The van der Waals surface area contributed by atoms with Gasteiger partial charge in [0.15, 0.2) is 0 Å². The van der Waals surface area contributed by atoms with E-state index in [0.717, 1.165) is 0 Å². The van der Waals surface area contributed by atoms with E-state index >= 15 is 0 Å². The van der Waals surface area contributed by atoms with Gasteiger partial charge in [-0.2, -0.15) is 8.42 Å². The Morgan fingerprint density at radius 3 is 1.27 bits per heavy atom. The molecule has 0 saturated carbocycles. The van der Waals surface area contributed by atoms with Gasteiger partial charge in [0.1, 0.15) is 0 Å². The Balaban J connectivity index is -0.000000147. The maximum atomic E-state index is 9.19. The zero-order chi connectivity index (χ0) is 12.9. The van der Waals surface area contributed by atoms with Gasteiger partial charge < -0.3 is 5.11 Å². The monoisotopic (exact) mass is 242 g/mol. The largest absolute Gasteiger partial charge is 0.394 e.